The van der Waals surface area contributed by atoms with E-state index in [1.54, 1.807) is 55.5 Å². The molecule has 0 unspecified atom stereocenters. The molecule has 1 atom stereocenters. The Labute approximate surface area is 181 Å². The van der Waals surface area contributed by atoms with E-state index in [2.05, 4.69) is 10.6 Å². The number of hydrogen-bond donors (Lipinski definition) is 2. The number of hydrogen-bond acceptors (Lipinski definition) is 3. The molecular weight excluding hydrogens is 400 g/mol. The Morgan fingerprint density at radius 1 is 0.900 bits per heavy atom. The number of carbonyl (C=O) groups excluding carboxylic acids is 2. The van der Waals surface area contributed by atoms with Gasteiger partial charge in [-0.05, 0) is 80.9 Å². The van der Waals surface area contributed by atoms with Crippen molar-refractivity contribution in [3.05, 3.63) is 88.4 Å². The Kier molecular flexibility index (Phi) is 6.75. The van der Waals surface area contributed by atoms with Crippen LogP contribution in [0.1, 0.15) is 28.4 Å². The second-order valence-electron chi connectivity index (χ2n) is 7.05. The number of amides is 2. The molecule has 3 aromatic rings. The molecule has 0 bridgehead atoms. The second kappa shape index (κ2) is 9.46. The third-order valence-corrected chi connectivity index (χ3v) is 4.79. The molecule has 0 saturated carbocycles. The van der Waals surface area contributed by atoms with Gasteiger partial charge in [-0.15, -0.1) is 0 Å². The predicted octanol–water partition coefficient (Wildman–Crippen LogP) is 5.62. The van der Waals surface area contributed by atoms with E-state index in [4.69, 9.17) is 16.3 Å². The molecule has 0 fully saturated rings. The zero-order valence-corrected chi connectivity index (χ0v) is 17.8. The van der Waals surface area contributed by atoms with Crippen LogP contribution in [-0.4, -0.2) is 17.9 Å². The summed E-state index contributed by atoms with van der Waals surface area (Å²) in [5, 5.41) is 6.28. The van der Waals surface area contributed by atoms with Crippen LogP contribution in [0.2, 0.25) is 5.02 Å². The average Bonchev–Trinajstić information content (AvgIpc) is 2.72. The maximum atomic E-state index is 12.4. The molecule has 0 radical (unpaired) electrons. The highest BCUT2D eigenvalue weighted by Gasteiger charge is 2.16. The van der Waals surface area contributed by atoms with E-state index >= 15 is 0 Å². The van der Waals surface area contributed by atoms with Crippen LogP contribution >= 0.6 is 11.6 Å². The van der Waals surface area contributed by atoms with Crippen molar-refractivity contribution in [1.29, 1.82) is 0 Å². The highest BCUT2D eigenvalue weighted by molar-refractivity contribution is 6.30. The van der Waals surface area contributed by atoms with E-state index in [0.29, 0.717) is 22.0 Å². The molecule has 0 saturated heterocycles. The summed E-state index contributed by atoms with van der Waals surface area (Å²) in [4.78, 5) is 24.8. The average molecular weight is 423 g/mol. The van der Waals surface area contributed by atoms with Gasteiger partial charge in [-0.3, -0.25) is 9.59 Å². The Morgan fingerprint density at radius 3 is 2.20 bits per heavy atom. The second-order valence-corrected chi connectivity index (χ2v) is 7.49. The summed E-state index contributed by atoms with van der Waals surface area (Å²) in [6.45, 7) is 5.63. The molecule has 0 aromatic heterocycles. The lowest BCUT2D eigenvalue weighted by Gasteiger charge is -2.16. The largest absolute Gasteiger partial charge is 0.481 e. The van der Waals surface area contributed by atoms with Crippen molar-refractivity contribution in [1.82, 2.24) is 0 Å². The van der Waals surface area contributed by atoms with Gasteiger partial charge >= 0.3 is 0 Å². The van der Waals surface area contributed by atoms with Crippen molar-refractivity contribution in [3.63, 3.8) is 0 Å². The number of carbonyl (C=O) groups is 2. The normalized spacial score (nSPS) is 11.5. The third-order valence-electron chi connectivity index (χ3n) is 4.54. The van der Waals surface area contributed by atoms with Gasteiger partial charge in [-0.2, -0.15) is 0 Å². The van der Waals surface area contributed by atoms with Crippen molar-refractivity contribution in [2.45, 2.75) is 26.9 Å². The van der Waals surface area contributed by atoms with E-state index in [-0.39, 0.29) is 11.8 Å². The smallest absolute Gasteiger partial charge is 0.265 e. The Balaban J connectivity index is 1.58. The number of ether oxygens (including phenoxy) is 1. The maximum absolute atomic E-state index is 12.4. The van der Waals surface area contributed by atoms with Crippen LogP contribution in [0.25, 0.3) is 0 Å². The standard InChI is InChI=1S/C24H23ClN2O3/c1-15-4-13-22(16(2)14-15)27-23(28)17(3)30-21-11-5-18(6-12-21)24(29)26-20-9-7-19(25)8-10-20/h4-14,17H,1-3H3,(H,26,29)(H,27,28)/t17-/m0/s1. The Morgan fingerprint density at radius 2 is 1.57 bits per heavy atom. The molecule has 3 rings (SSSR count). The number of aryl methyl sites for hydroxylation is 2. The molecule has 6 heteroatoms. The van der Waals surface area contributed by atoms with Crippen molar-refractivity contribution in [3.8, 4) is 5.75 Å². The fraction of sp³-hybridized carbons (Fsp3) is 0.167. The van der Waals surface area contributed by atoms with Crippen LogP contribution in [-0.2, 0) is 4.79 Å². The molecule has 0 aliphatic rings. The lowest BCUT2D eigenvalue weighted by molar-refractivity contribution is -0.122. The quantitative estimate of drug-likeness (QED) is 0.542. The van der Waals surface area contributed by atoms with Crippen LogP contribution in [0.4, 0.5) is 11.4 Å². The van der Waals surface area contributed by atoms with Crippen molar-refractivity contribution in [2.24, 2.45) is 0 Å². The van der Waals surface area contributed by atoms with E-state index in [1.165, 1.54) is 0 Å². The molecule has 0 aliphatic carbocycles. The molecule has 0 aliphatic heterocycles. The van der Waals surface area contributed by atoms with Gasteiger partial charge in [0, 0.05) is 22.0 Å². The van der Waals surface area contributed by atoms with Gasteiger partial charge in [0.1, 0.15) is 5.75 Å². The van der Waals surface area contributed by atoms with Gasteiger partial charge in [0.15, 0.2) is 6.10 Å². The summed E-state index contributed by atoms with van der Waals surface area (Å²) in [5.41, 5.74) is 4.02. The van der Waals surface area contributed by atoms with Crippen LogP contribution in [0.5, 0.6) is 5.75 Å². The monoisotopic (exact) mass is 422 g/mol. The lowest BCUT2D eigenvalue weighted by atomic mass is 10.1. The molecule has 5 nitrogen and oxygen atoms in total. The molecule has 0 heterocycles. The maximum Gasteiger partial charge on any atom is 0.265 e. The molecule has 30 heavy (non-hydrogen) atoms. The summed E-state index contributed by atoms with van der Waals surface area (Å²) < 4.78 is 5.72. The van der Waals surface area contributed by atoms with Crippen molar-refractivity contribution >= 4 is 34.8 Å². The van der Waals surface area contributed by atoms with Crippen molar-refractivity contribution < 1.29 is 14.3 Å². The predicted molar refractivity (Wildman–Crippen MR) is 120 cm³/mol. The zero-order valence-electron chi connectivity index (χ0n) is 17.0. The first-order valence-electron chi connectivity index (χ1n) is 9.53. The van der Waals surface area contributed by atoms with Crippen LogP contribution in [0, 0.1) is 13.8 Å². The van der Waals surface area contributed by atoms with Gasteiger partial charge in [-0.1, -0.05) is 29.3 Å². The minimum atomic E-state index is -0.695. The SMILES string of the molecule is Cc1ccc(NC(=O)[C@H](C)Oc2ccc(C(=O)Nc3ccc(Cl)cc3)cc2)c(C)c1. The van der Waals surface area contributed by atoms with Gasteiger partial charge in [0.25, 0.3) is 11.8 Å². The summed E-state index contributed by atoms with van der Waals surface area (Å²) in [6.07, 6.45) is -0.695. The van der Waals surface area contributed by atoms with Crippen LogP contribution in [0.3, 0.4) is 0 Å². The third kappa shape index (κ3) is 5.61. The first-order valence-corrected chi connectivity index (χ1v) is 9.91. The van der Waals surface area contributed by atoms with Gasteiger partial charge in [0.2, 0.25) is 0 Å². The number of nitrogens with one attached hydrogen (secondary N) is 2. The van der Waals surface area contributed by atoms with E-state index in [0.717, 1.165) is 16.8 Å². The van der Waals surface area contributed by atoms with Gasteiger partial charge < -0.3 is 15.4 Å². The minimum absolute atomic E-state index is 0.244. The van der Waals surface area contributed by atoms with Gasteiger partial charge in [0.05, 0.1) is 0 Å². The molecule has 2 N–H and O–H groups in total. The first kappa shape index (κ1) is 21.4. The summed E-state index contributed by atoms with van der Waals surface area (Å²) in [5.74, 6) is 0.0114. The van der Waals surface area contributed by atoms with Crippen LogP contribution in [0.15, 0.2) is 66.7 Å². The minimum Gasteiger partial charge on any atom is -0.481 e. The highest BCUT2D eigenvalue weighted by atomic mass is 35.5. The number of benzene rings is 3. The van der Waals surface area contributed by atoms with E-state index in [1.807, 2.05) is 32.0 Å². The van der Waals surface area contributed by atoms with E-state index in [9.17, 15) is 9.59 Å². The summed E-state index contributed by atoms with van der Waals surface area (Å²) >= 11 is 5.85. The van der Waals surface area contributed by atoms with Gasteiger partial charge in [-0.25, -0.2) is 0 Å². The fourth-order valence-corrected chi connectivity index (χ4v) is 2.99. The molecule has 3 aromatic carbocycles. The molecular formula is C24H23ClN2O3. The van der Waals surface area contributed by atoms with Crippen LogP contribution < -0.4 is 15.4 Å². The Hall–Kier alpha value is -3.31. The molecule has 2 amide bonds. The number of rotatable bonds is 6. The van der Waals surface area contributed by atoms with Crippen molar-refractivity contribution in [2.75, 3.05) is 10.6 Å². The molecule has 154 valence electrons. The number of anilines is 2. The topological polar surface area (TPSA) is 67.4 Å². The number of halogens is 1. The summed E-state index contributed by atoms with van der Waals surface area (Å²) in [7, 11) is 0. The lowest BCUT2D eigenvalue weighted by Crippen LogP contribution is -2.30. The molecule has 0 spiro atoms. The highest BCUT2D eigenvalue weighted by Crippen LogP contribution is 2.19. The van der Waals surface area contributed by atoms with E-state index < -0.39 is 6.10 Å². The Bertz CT molecular complexity index is 1050. The summed E-state index contributed by atoms with van der Waals surface area (Å²) in [6, 6.07) is 19.3. The fourth-order valence-electron chi connectivity index (χ4n) is 2.87. The zero-order chi connectivity index (χ0) is 21.7. The first-order chi connectivity index (χ1) is 14.3.